The molecule has 0 saturated carbocycles. The molecule has 7 nitrogen and oxygen atoms in total. The van der Waals surface area contributed by atoms with Crippen LogP contribution in [0.15, 0.2) is 46.6 Å². The first-order valence-electron chi connectivity index (χ1n) is 6.73. The fourth-order valence-corrected chi connectivity index (χ4v) is 1.96. The molecule has 0 amide bonds. The number of nitrogens with zero attached hydrogens (tertiary/aromatic N) is 3. The van der Waals surface area contributed by atoms with Crippen molar-refractivity contribution in [2.45, 2.75) is 19.8 Å². The number of non-ortho nitro benzene ring substituents is 1. The lowest BCUT2D eigenvalue weighted by atomic mass is 10.1. The number of phenolic OH excluding ortho intramolecular Hbond substituents is 2. The van der Waals surface area contributed by atoms with Crippen molar-refractivity contribution >= 4 is 17.1 Å². The third-order valence-electron chi connectivity index (χ3n) is 3.04. The fourth-order valence-electron chi connectivity index (χ4n) is 1.96. The van der Waals surface area contributed by atoms with E-state index in [0.29, 0.717) is 12.0 Å². The maximum absolute atomic E-state index is 10.7. The average molecular weight is 301 g/mol. The molecule has 2 aromatic carbocycles. The number of nitro groups is 1. The summed E-state index contributed by atoms with van der Waals surface area (Å²) in [7, 11) is 0. The molecular formula is C15H15N3O4. The standard InChI is InChI=1S/C15H15N3O4/c1-2-4-10-7-8-13(19)14(15(10)20)17-16-11-5-3-6-12(9-11)18(21)22/h3,5-9,19-20H,2,4H2,1H3. The Labute approximate surface area is 126 Å². The van der Waals surface area contributed by atoms with Crippen LogP contribution < -0.4 is 0 Å². The van der Waals surface area contributed by atoms with Gasteiger partial charge < -0.3 is 10.2 Å². The van der Waals surface area contributed by atoms with E-state index in [1.54, 1.807) is 12.1 Å². The van der Waals surface area contributed by atoms with Crippen molar-refractivity contribution in [1.29, 1.82) is 0 Å². The summed E-state index contributed by atoms with van der Waals surface area (Å²) in [6, 6.07) is 8.69. The lowest BCUT2D eigenvalue weighted by Gasteiger charge is -2.06. The van der Waals surface area contributed by atoms with Gasteiger partial charge in [0.25, 0.3) is 5.69 Å². The van der Waals surface area contributed by atoms with Crippen LogP contribution in [-0.2, 0) is 6.42 Å². The quantitative estimate of drug-likeness (QED) is 0.485. The molecule has 0 saturated heterocycles. The van der Waals surface area contributed by atoms with Gasteiger partial charge in [0.05, 0.1) is 10.6 Å². The van der Waals surface area contributed by atoms with E-state index in [1.807, 2.05) is 6.92 Å². The summed E-state index contributed by atoms with van der Waals surface area (Å²) in [4.78, 5) is 10.2. The lowest BCUT2D eigenvalue weighted by Crippen LogP contribution is -1.86. The van der Waals surface area contributed by atoms with Gasteiger partial charge in [-0.15, -0.1) is 5.11 Å². The van der Waals surface area contributed by atoms with Gasteiger partial charge in [-0.05, 0) is 24.1 Å². The molecule has 0 heterocycles. The van der Waals surface area contributed by atoms with Crippen molar-refractivity contribution in [2.75, 3.05) is 0 Å². The summed E-state index contributed by atoms with van der Waals surface area (Å²) in [5.41, 5.74) is 0.768. The lowest BCUT2D eigenvalue weighted by molar-refractivity contribution is -0.384. The van der Waals surface area contributed by atoms with Gasteiger partial charge in [-0.1, -0.05) is 25.5 Å². The first-order chi connectivity index (χ1) is 10.5. The molecule has 0 bridgehead atoms. The molecule has 0 atom stereocenters. The molecule has 0 aliphatic carbocycles. The van der Waals surface area contributed by atoms with Gasteiger partial charge in [0.15, 0.2) is 5.69 Å². The number of benzene rings is 2. The van der Waals surface area contributed by atoms with E-state index in [1.165, 1.54) is 24.3 Å². The van der Waals surface area contributed by atoms with Gasteiger partial charge >= 0.3 is 0 Å². The van der Waals surface area contributed by atoms with Gasteiger partial charge in [0.1, 0.15) is 11.5 Å². The van der Waals surface area contributed by atoms with Crippen molar-refractivity contribution in [1.82, 2.24) is 0 Å². The molecule has 114 valence electrons. The summed E-state index contributed by atoms with van der Waals surface area (Å²) in [6.45, 7) is 1.97. The zero-order valence-corrected chi connectivity index (χ0v) is 11.9. The molecule has 0 aliphatic heterocycles. The second-order valence-corrected chi connectivity index (χ2v) is 4.67. The SMILES string of the molecule is CCCc1ccc(O)c(N=Nc2cccc([N+](=O)[O-])c2)c1O. The zero-order valence-electron chi connectivity index (χ0n) is 11.9. The predicted molar refractivity (Wildman–Crippen MR) is 81.0 cm³/mol. The molecule has 2 aromatic rings. The molecule has 2 N–H and O–H groups in total. The number of hydrogen-bond acceptors (Lipinski definition) is 6. The Hall–Kier alpha value is -2.96. The fraction of sp³-hybridized carbons (Fsp3) is 0.200. The maximum Gasteiger partial charge on any atom is 0.271 e. The smallest absolute Gasteiger partial charge is 0.271 e. The van der Waals surface area contributed by atoms with E-state index in [9.17, 15) is 20.3 Å². The summed E-state index contributed by atoms with van der Waals surface area (Å²) in [6.07, 6.45) is 1.48. The highest BCUT2D eigenvalue weighted by molar-refractivity contribution is 5.64. The van der Waals surface area contributed by atoms with Gasteiger partial charge in [-0.3, -0.25) is 10.1 Å². The van der Waals surface area contributed by atoms with E-state index in [-0.39, 0.29) is 28.6 Å². The molecular weight excluding hydrogens is 286 g/mol. The number of hydrogen-bond donors (Lipinski definition) is 2. The van der Waals surface area contributed by atoms with Crippen LogP contribution >= 0.6 is 0 Å². The van der Waals surface area contributed by atoms with E-state index in [2.05, 4.69) is 10.2 Å². The highest BCUT2D eigenvalue weighted by Gasteiger charge is 2.12. The minimum Gasteiger partial charge on any atom is -0.505 e. The van der Waals surface area contributed by atoms with E-state index < -0.39 is 4.92 Å². The van der Waals surface area contributed by atoms with Gasteiger partial charge in [-0.25, -0.2) is 0 Å². The van der Waals surface area contributed by atoms with E-state index >= 15 is 0 Å². The minimum atomic E-state index is -0.532. The highest BCUT2D eigenvalue weighted by atomic mass is 16.6. The first-order valence-corrected chi connectivity index (χ1v) is 6.73. The highest BCUT2D eigenvalue weighted by Crippen LogP contribution is 2.40. The van der Waals surface area contributed by atoms with Crippen molar-refractivity contribution in [2.24, 2.45) is 10.2 Å². The van der Waals surface area contributed by atoms with Crippen LogP contribution in [0.4, 0.5) is 17.1 Å². The number of aromatic hydroxyl groups is 2. The molecule has 0 radical (unpaired) electrons. The number of aryl methyl sites for hydroxylation is 1. The first kappa shape index (κ1) is 15.4. The van der Waals surface area contributed by atoms with Crippen molar-refractivity contribution in [3.05, 3.63) is 52.1 Å². The summed E-state index contributed by atoms with van der Waals surface area (Å²) < 4.78 is 0. The molecule has 7 heteroatoms. The second-order valence-electron chi connectivity index (χ2n) is 4.67. The molecule has 0 unspecified atom stereocenters. The Balaban J connectivity index is 2.35. The Morgan fingerprint density at radius 3 is 2.64 bits per heavy atom. The van der Waals surface area contributed by atoms with Gasteiger partial charge in [0, 0.05) is 12.1 Å². The predicted octanol–water partition coefficient (Wildman–Crippen LogP) is 4.37. The van der Waals surface area contributed by atoms with Crippen LogP contribution in [0.25, 0.3) is 0 Å². The molecule has 0 spiro atoms. The number of nitro benzene ring substituents is 1. The molecule has 22 heavy (non-hydrogen) atoms. The molecule has 0 aromatic heterocycles. The van der Waals surface area contributed by atoms with Crippen LogP contribution in [0.5, 0.6) is 11.5 Å². The summed E-state index contributed by atoms with van der Waals surface area (Å²) in [5, 5.41) is 38.3. The number of azo groups is 1. The largest absolute Gasteiger partial charge is 0.505 e. The Kier molecular flexibility index (Phi) is 4.67. The van der Waals surface area contributed by atoms with Crippen LogP contribution in [0, 0.1) is 10.1 Å². The normalized spacial score (nSPS) is 11.0. The van der Waals surface area contributed by atoms with E-state index in [0.717, 1.165) is 6.42 Å². The Morgan fingerprint density at radius 2 is 1.95 bits per heavy atom. The van der Waals surface area contributed by atoms with E-state index in [4.69, 9.17) is 0 Å². The number of phenols is 2. The van der Waals surface area contributed by atoms with Crippen molar-refractivity contribution in [3.63, 3.8) is 0 Å². The third-order valence-corrected chi connectivity index (χ3v) is 3.04. The summed E-state index contributed by atoms with van der Waals surface area (Å²) in [5.74, 6) is -0.331. The third kappa shape index (κ3) is 3.38. The van der Waals surface area contributed by atoms with Crippen molar-refractivity contribution in [3.8, 4) is 11.5 Å². The zero-order chi connectivity index (χ0) is 16.1. The van der Waals surface area contributed by atoms with Gasteiger partial charge in [-0.2, -0.15) is 5.11 Å². The molecule has 2 rings (SSSR count). The Bertz CT molecular complexity index is 729. The number of rotatable bonds is 5. The van der Waals surface area contributed by atoms with Crippen LogP contribution in [0.2, 0.25) is 0 Å². The summed E-state index contributed by atoms with van der Waals surface area (Å²) >= 11 is 0. The van der Waals surface area contributed by atoms with Crippen LogP contribution in [0.3, 0.4) is 0 Å². The maximum atomic E-state index is 10.7. The van der Waals surface area contributed by atoms with Crippen LogP contribution in [0.1, 0.15) is 18.9 Å². The molecule has 0 aliphatic rings. The van der Waals surface area contributed by atoms with Gasteiger partial charge in [0.2, 0.25) is 0 Å². The monoisotopic (exact) mass is 301 g/mol. The topological polar surface area (TPSA) is 108 Å². The Morgan fingerprint density at radius 1 is 1.18 bits per heavy atom. The van der Waals surface area contributed by atoms with Crippen molar-refractivity contribution < 1.29 is 15.1 Å². The molecule has 0 fully saturated rings. The second kappa shape index (κ2) is 6.66. The van der Waals surface area contributed by atoms with Crippen LogP contribution in [-0.4, -0.2) is 15.1 Å². The minimum absolute atomic E-state index is 0.0440. The average Bonchev–Trinajstić information content (AvgIpc) is 2.50.